The number of allylic oxidation sites excluding steroid dienone is 1. The molecule has 0 spiro atoms. The lowest BCUT2D eigenvalue weighted by atomic mass is 10.1. The molecule has 0 bridgehead atoms. The van der Waals surface area contributed by atoms with Gasteiger partial charge in [0.1, 0.15) is 19.8 Å². The first-order valence-corrected chi connectivity index (χ1v) is 9.30. The monoisotopic (exact) mass is 403 g/mol. The molecule has 9 heteroatoms. The molecule has 7 nitrogen and oxygen atoms in total. The predicted molar refractivity (Wildman–Crippen MR) is 111 cm³/mol. The molecule has 0 radical (unpaired) electrons. The Morgan fingerprint density at radius 1 is 1.22 bits per heavy atom. The van der Waals surface area contributed by atoms with E-state index in [2.05, 4.69) is 0 Å². The average molecular weight is 403 g/mol. The minimum Gasteiger partial charge on any atom is -0.622 e. The molecule has 27 heavy (non-hydrogen) atoms. The zero-order valence-corrected chi connectivity index (χ0v) is 16.3. The molecule has 1 aliphatic rings. The lowest BCUT2D eigenvalue weighted by molar-refractivity contribution is -0.497. The van der Waals surface area contributed by atoms with Crippen LogP contribution < -0.4 is 4.90 Å². The number of benzene rings is 1. The molecular formula is C18H17N3O4S2. The summed E-state index contributed by atoms with van der Waals surface area (Å²) in [4.78, 5) is 11.9. The summed E-state index contributed by atoms with van der Waals surface area (Å²) in [6.07, 6.45) is 3.83. The van der Waals surface area contributed by atoms with E-state index < -0.39 is 15.8 Å². The number of hydrogen-bond acceptors (Lipinski definition) is 6. The number of hydroxylamine groups is 1. The number of thiocarbonyl (C=S) groups is 1. The van der Waals surface area contributed by atoms with Crippen LogP contribution in [0.4, 0.5) is 11.6 Å². The van der Waals surface area contributed by atoms with Crippen LogP contribution in [0.3, 0.4) is 0 Å². The number of para-hydroxylation sites is 1. The number of nitro groups is 1. The molecule has 1 aromatic heterocycles. The fourth-order valence-electron chi connectivity index (χ4n) is 2.83. The van der Waals surface area contributed by atoms with Gasteiger partial charge in [0, 0.05) is 11.8 Å². The van der Waals surface area contributed by atoms with Gasteiger partial charge in [-0.25, -0.2) is 0 Å². The first kappa shape index (κ1) is 19.1. The zero-order valence-electron chi connectivity index (χ0n) is 14.6. The van der Waals surface area contributed by atoms with Crippen LogP contribution in [-0.2, 0) is 0 Å². The van der Waals surface area contributed by atoms with Gasteiger partial charge in [-0.3, -0.25) is 15.0 Å². The van der Waals surface area contributed by atoms with Crippen LogP contribution >= 0.6 is 24.0 Å². The lowest BCUT2D eigenvalue weighted by Crippen LogP contribution is -2.48. The van der Waals surface area contributed by atoms with Gasteiger partial charge >= 0.3 is 5.88 Å². The highest BCUT2D eigenvalue weighted by Gasteiger charge is 2.51. The Morgan fingerprint density at radius 2 is 1.93 bits per heavy atom. The normalized spacial score (nSPS) is 19.8. The molecule has 0 N–H and O–H groups in total. The van der Waals surface area contributed by atoms with Gasteiger partial charge < -0.3 is 9.62 Å². The minimum absolute atomic E-state index is 0.293. The molecule has 140 valence electrons. The van der Waals surface area contributed by atoms with Gasteiger partial charge in [0.2, 0.25) is 0 Å². The van der Waals surface area contributed by atoms with Crippen molar-refractivity contribution >= 4 is 52.2 Å². The molecular weight excluding hydrogens is 386 g/mol. The molecule has 2 aromatic rings. The van der Waals surface area contributed by atoms with Crippen molar-refractivity contribution in [2.45, 2.75) is 24.8 Å². The van der Waals surface area contributed by atoms with E-state index in [1.54, 1.807) is 0 Å². The Balaban J connectivity index is 1.86. The van der Waals surface area contributed by atoms with Crippen molar-refractivity contribution in [1.82, 2.24) is 0 Å². The molecule has 1 aromatic carbocycles. The average Bonchev–Trinajstić information content (AvgIpc) is 3.17. The van der Waals surface area contributed by atoms with Gasteiger partial charge in [0.05, 0.1) is 6.07 Å². The molecule has 1 fully saturated rings. The molecule has 3 rings (SSSR count). The smallest absolute Gasteiger partial charge is 0.433 e. The van der Waals surface area contributed by atoms with Crippen molar-refractivity contribution < 1.29 is 14.1 Å². The van der Waals surface area contributed by atoms with Crippen LogP contribution in [-0.4, -0.2) is 31.1 Å². The Labute approximate surface area is 165 Å². The topological polar surface area (TPSA) is 85.6 Å². The van der Waals surface area contributed by atoms with Gasteiger partial charge in [0.15, 0.2) is 6.21 Å². The van der Waals surface area contributed by atoms with E-state index in [-0.39, 0.29) is 5.88 Å². The van der Waals surface area contributed by atoms with Gasteiger partial charge in [-0.1, -0.05) is 42.2 Å². The van der Waals surface area contributed by atoms with E-state index in [9.17, 15) is 15.3 Å². The maximum atomic E-state index is 12.9. The summed E-state index contributed by atoms with van der Waals surface area (Å²) in [6, 6.07) is 12.3. The molecule has 0 amide bonds. The van der Waals surface area contributed by atoms with E-state index in [0.717, 1.165) is 10.4 Å². The zero-order chi connectivity index (χ0) is 19.6. The summed E-state index contributed by atoms with van der Waals surface area (Å²) in [6.45, 7) is 3.94. The van der Waals surface area contributed by atoms with Crippen LogP contribution in [0.1, 0.15) is 19.6 Å². The second-order valence-corrected chi connectivity index (χ2v) is 8.64. The Hall–Kier alpha value is -2.65. The standard InChI is InChI=1S/C18H17N3O4S2/c1-18(2)16(20(17(26)27-18)13-7-4-3-5-8-13)19(22)12-6-9-14-10-11-15(25-14)21(23)24/h3-12,16H,1-2H3/b9-6+,19-12-/t16-/m1/s1. The fourth-order valence-corrected chi connectivity index (χ4v) is 4.75. The van der Waals surface area contributed by atoms with E-state index in [0.29, 0.717) is 10.1 Å². The number of hydrogen-bond donors (Lipinski definition) is 0. The van der Waals surface area contributed by atoms with Crippen molar-refractivity contribution in [3.63, 3.8) is 0 Å². The van der Waals surface area contributed by atoms with Crippen molar-refractivity contribution in [1.29, 1.82) is 0 Å². The number of anilines is 1. The highest BCUT2D eigenvalue weighted by Crippen LogP contribution is 2.43. The number of rotatable bonds is 5. The van der Waals surface area contributed by atoms with Crippen molar-refractivity contribution in [3.8, 4) is 0 Å². The second kappa shape index (κ2) is 7.53. The summed E-state index contributed by atoms with van der Waals surface area (Å²) in [5, 5.41) is 23.5. The molecule has 0 saturated carbocycles. The van der Waals surface area contributed by atoms with Gasteiger partial charge in [0.25, 0.3) is 6.17 Å². The summed E-state index contributed by atoms with van der Waals surface area (Å²) in [7, 11) is 0. The Bertz CT molecular complexity index is 922. The maximum Gasteiger partial charge on any atom is 0.433 e. The molecule has 1 saturated heterocycles. The van der Waals surface area contributed by atoms with E-state index in [1.807, 2.05) is 49.1 Å². The predicted octanol–water partition coefficient (Wildman–Crippen LogP) is 4.43. The SMILES string of the molecule is CC1(C)SC(=S)N(c2ccccc2)[C@H]1/[N+]([O-])=C/C=C/c1ccc([N+](=O)[O-])o1. The quantitative estimate of drug-likeness (QED) is 0.182. The minimum atomic E-state index is -0.613. The van der Waals surface area contributed by atoms with Crippen LogP contribution in [0.25, 0.3) is 6.08 Å². The molecule has 1 atom stereocenters. The highest BCUT2D eigenvalue weighted by atomic mass is 32.2. The number of nitrogens with zero attached hydrogens (tertiary/aromatic N) is 3. The molecule has 1 aliphatic heterocycles. The lowest BCUT2D eigenvalue weighted by Gasteiger charge is -2.29. The Kier molecular flexibility index (Phi) is 5.33. The van der Waals surface area contributed by atoms with Crippen LogP contribution in [0, 0.1) is 15.3 Å². The summed E-state index contributed by atoms with van der Waals surface area (Å²) in [5.74, 6) is -0.0515. The van der Waals surface area contributed by atoms with Crippen molar-refractivity contribution in [2.24, 2.45) is 0 Å². The number of thioether (sulfide) groups is 1. The maximum absolute atomic E-state index is 12.9. The fraction of sp³-hybridized carbons (Fsp3) is 0.222. The van der Waals surface area contributed by atoms with Crippen molar-refractivity contribution in [2.75, 3.05) is 4.90 Å². The van der Waals surface area contributed by atoms with E-state index in [1.165, 1.54) is 42.3 Å². The van der Waals surface area contributed by atoms with Gasteiger partial charge in [-0.2, -0.15) is 4.74 Å². The molecule has 0 unspecified atom stereocenters. The first-order chi connectivity index (χ1) is 12.8. The second-order valence-electron chi connectivity index (χ2n) is 6.35. The first-order valence-electron chi connectivity index (χ1n) is 8.08. The van der Waals surface area contributed by atoms with E-state index in [4.69, 9.17) is 16.6 Å². The highest BCUT2D eigenvalue weighted by molar-refractivity contribution is 8.24. The molecule has 0 aliphatic carbocycles. The third kappa shape index (κ3) is 4.04. The van der Waals surface area contributed by atoms with Crippen LogP contribution in [0.5, 0.6) is 0 Å². The summed E-state index contributed by atoms with van der Waals surface area (Å²) >= 11 is 6.97. The largest absolute Gasteiger partial charge is 0.622 e. The van der Waals surface area contributed by atoms with Gasteiger partial charge in [-0.15, -0.1) is 0 Å². The van der Waals surface area contributed by atoms with Crippen LogP contribution in [0.2, 0.25) is 0 Å². The summed E-state index contributed by atoms with van der Waals surface area (Å²) < 4.78 is 6.09. The Morgan fingerprint density at radius 3 is 2.56 bits per heavy atom. The van der Waals surface area contributed by atoms with E-state index >= 15 is 0 Å². The van der Waals surface area contributed by atoms with Crippen molar-refractivity contribution in [3.05, 3.63) is 69.6 Å². The summed E-state index contributed by atoms with van der Waals surface area (Å²) in [5.41, 5.74) is 0.852. The van der Waals surface area contributed by atoms with Crippen LogP contribution in [0.15, 0.2) is 53.0 Å². The van der Waals surface area contributed by atoms with Gasteiger partial charge in [-0.05, 0) is 38.1 Å². The third-order valence-electron chi connectivity index (χ3n) is 3.97. The third-order valence-corrected chi connectivity index (χ3v) is 5.53. The number of furan rings is 1. The molecule has 2 heterocycles.